The monoisotopic (exact) mass is 181 g/mol. The first-order valence-corrected chi connectivity index (χ1v) is 3.99. The summed E-state index contributed by atoms with van der Waals surface area (Å²) in [5.74, 6) is -0.904. The Balaban J connectivity index is 2.71. The molecule has 0 aliphatic rings. The van der Waals surface area contributed by atoms with Crippen LogP contribution in [-0.2, 0) is 11.3 Å². The minimum Gasteiger partial charge on any atom is -0.481 e. The third-order valence-corrected chi connectivity index (χ3v) is 1.76. The Morgan fingerprint density at radius 2 is 2.23 bits per heavy atom. The summed E-state index contributed by atoms with van der Waals surface area (Å²) >= 11 is 0. The van der Waals surface area contributed by atoms with Crippen molar-refractivity contribution >= 4 is 11.8 Å². The number of carboxylic acids is 1. The molecule has 1 aromatic rings. The Kier molecular flexibility index (Phi) is 2.84. The zero-order chi connectivity index (χ0) is 9.84. The maximum Gasteiger partial charge on any atom is 0.305 e. The summed E-state index contributed by atoms with van der Waals surface area (Å²) < 4.78 is 1.65. The molecule has 0 fully saturated rings. The molecule has 0 saturated carbocycles. The summed E-state index contributed by atoms with van der Waals surface area (Å²) in [6, 6.07) is 3.42. The van der Waals surface area contributed by atoms with Gasteiger partial charge in [0, 0.05) is 19.7 Å². The summed E-state index contributed by atoms with van der Waals surface area (Å²) in [4.78, 5) is 21.3. The smallest absolute Gasteiger partial charge is 0.305 e. The number of Topliss-reactive ketones (excluding diaryl/α,β-unsaturated/α-hetero) is 1. The molecule has 1 N–H and O–H groups in total. The quantitative estimate of drug-likeness (QED) is 0.709. The summed E-state index contributed by atoms with van der Waals surface area (Å²) in [6.07, 6.45) is 1.74. The molecule has 1 rings (SSSR count). The second-order valence-corrected chi connectivity index (χ2v) is 2.79. The van der Waals surface area contributed by atoms with Gasteiger partial charge in [-0.15, -0.1) is 0 Å². The molecule has 0 saturated heterocycles. The third-order valence-electron chi connectivity index (χ3n) is 1.76. The van der Waals surface area contributed by atoms with Crippen molar-refractivity contribution in [2.75, 3.05) is 0 Å². The van der Waals surface area contributed by atoms with Crippen LogP contribution in [0.25, 0.3) is 0 Å². The molecule has 0 bridgehead atoms. The van der Waals surface area contributed by atoms with Gasteiger partial charge in [-0.1, -0.05) is 0 Å². The van der Waals surface area contributed by atoms with E-state index < -0.39 is 5.97 Å². The van der Waals surface area contributed by atoms with Gasteiger partial charge in [0.1, 0.15) is 0 Å². The van der Waals surface area contributed by atoms with Crippen molar-refractivity contribution in [2.24, 2.45) is 0 Å². The molecule has 0 spiro atoms. The van der Waals surface area contributed by atoms with Crippen molar-refractivity contribution in [1.82, 2.24) is 4.57 Å². The van der Waals surface area contributed by atoms with E-state index in [0.717, 1.165) is 0 Å². The lowest BCUT2D eigenvalue weighted by molar-refractivity contribution is -0.137. The van der Waals surface area contributed by atoms with Crippen molar-refractivity contribution < 1.29 is 14.7 Å². The third kappa shape index (κ3) is 2.43. The van der Waals surface area contributed by atoms with Gasteiger partial charge in [0.15, 0.2) is 5.78 Å². The van der Waals surface area contributed by atoms with Crippen LogP contribution < -0.4 is 0 Å². The Morgan fingerprint density at radius 1 is 1.54 bits per heavy atom. The van der Waals surface area contributed by atoms with Gasteiger partial charge in [-0.25, -0.2) is 0 Å². The van der Waals surface area contributed by atoms with E-state index in [1.807, 2.05) is 0 Å². The minimum absolute atomic E-state index is 0.0367. The number of aliphatic carboxylic acids is 1. The minimum atomic E-state index is -0.858. The molecular weight excluding hydrogens is 170 g/mol. The first-order valence-electron chi connectivity index (χ1n) is 3.99. The molecule has 0 amide bonds. The summed E-state index contributed by atoms with van der Waals surface area (Å²) in [5, 5.41) is 8.44. The fourth-order valence-corrected chi connectivity index (χ4v) is 1.14. The lowest BCUT2D eigenvalue weighted by atomic mass is 10.3. The van der Waals surface area contributed by atoms with Crippen molar-refractivity contribution in [3.8, 4) is 0 Å². The van der Waals surface area contributed by atoms with Crippen LogP contribution in [0.3, 0.4) is 0 Å². The number of hydrogen-bond acceptors (Lipinski definition) is 2. The van der Waals surface area contributed by atoms with Crippen LogP contribution in [0, 0.1) is 0 Å². The van der Waals surface area contributed by atoms with Gasteiger partial charge in [-0.05, 0) is 12.1 Å². The first-order chi connectivity index (χ1) is 6.11. The molecule has 1 heterocycles. The van der Waals surface area contributed by atoms with E-state index in [0.29, 0.717) is 12.2 Å². The SMILES string of the molecule is CC(=O)c1cccn1CCC(=O)O. The standard InChI is InChI=1S/C9H11NO3/c1-7(11)8-3-2-5-10(8)6-4-9(12)13/h2-3,5H,4,6H2,1H3,(H,12,13). The molecule has 4 nitrogen and oxygen atoms in total. The summed E-state index contributed by atoms with van der Waals surface area (Å²) in [5.41, 5.74) is 0.557. The van der Waals surface area contributed by atoms with E-state index in [2.05, 4.69) is 0 Å². The van der Waals surface area contributed by atoms with Gasteiger partial charge >= 0.3 is 5.97 Å². The number of ketones is 1. The Hall–Kier alpha value is -1.58. The van der Waals surface area contributed by atoms with E-state index in [9.17, 15) is 9.59 Å². The number of aryl methyl sites for hydroxylation is 1. The fourth-order valence-electron chi connectivity index (χ4n) is 1.14. The molecule has 13 heavy (non-hydrogen) atoms. The number of carboxylic acid groups (broad SMARTS) is 1. The van der Waals surface area contributed by atoms with Gasteiger partial charge in [0.25, 0.3) is 0 Å². The molecule has 0 aliphatic carbocycles. The van der Waals surface area contributed by atoms with Crippen LogP contribution >= 0.6 is 0 Å². The number of hydrogen-bond donors (Lipinski definition) is 1. The van der Waals surface area contributed by atoms with E-state index in [4.69, 9.17) is 5.11 Å². The highest BCUT2D eigenvalue weighted by Gasteiger charge is 2.06. The number of carbonyl (C=O) groups excluding carboxylic acids is 1. The van der Waals surface area contributed by atoms with E-state index in [1.54, 1.807) is 22.9 Å². The average molecular weight is 181 g/mol. The van der Waals surface area contributed by atoms with Crippen molar-refractivity contribution in [3.63, 3.8) is 0 Å². The van der Waals surface area contributed by atoms with E-state index in [1.165, 1.54) is 6.92 Å². The first kappa shape index (κ1) is 9.51. The van der Waals surface area contributed by atoms with Gasteiger partial charge in [-0.3, -0.25) is 9.59 Å². The highest BCUT2D eigenvalue weighted by Crippen LogP contribution is 2.04. The Morgan fingerprint density at radius 3 is 2.77 bits per heavy atom. The Labute approximate surface area is 75.8 Å². The molecule has 1 aromatic heterocycles. The van der Waals surface area contributed by atoms with Crippen molar-refractivity contribution in [2.45, 2.75) is 19.9 Å². The van der Waals surface area contributed by atoms with Crippen LogP contribution in [0.2, 0.25) is 0 Å². The van der Waals surface area contributed by atoms with E-state index >= 15 is 0 Å². The van der Waals surface area contributed by atoms with E-state index in [-0.39, 0.29) is 12.2 Å². The van der Waals surface area contributed by atoms with Gasteiger partial charge in [-0.2, -0.15) is 0 Å². The maximum atomic E-state index is 11.0. The predicted molar refractivity (Wildman–Crippen MR) is 46.7 cm³/mol. The molecular formula is C9H11NO3. The van der Waals surface area contributed by atoms with Gasteiger partial charge in [0.2, 0.25) is 0 Å². The average Bonchev–Trinajstić information content (AvgIpc) is 2.47. The summed E-state index contributed by atoms with van der Waals surface area (Å²) in [7, 11) is 0. The Bertz CT molecular complexity index is 327. The number of nitrogens with zero attached hydrogens (tertiary/aromatic N) is 1. The lowest BCUT2D eigenvalue weighted by Gasteiger charge is -2.03. The zero-order valence-electron chi connectivity index (χ0n) is 7.36. The van der Waals surface area contributed by atoms with Crippen LogP contribution in [0.5, 0.6) is 0 Å². The molecule has 0 aliphatic heterocycles. The molecule has 0 atom stereocenters. The highest BCUT2D eigenvalue weighted by molar-refractivity contribution is 5.92. The van der Waals surface area contributed by atoms with Crippen LogP contribution in [0.1, 0.15) is 23.8 Å². The van der Waals surface area contributed by atoms with Crippen LogP contribution in [0.4, 0.5) is 0 Å². The van der Waals surface area contributed by atoms with Gasteiger partial charge in [0.05, 0.1) is 12.1 Å². The zero-order valence-corrected chi connectivity index (χ0v) is 7.36. The normalized spacial score (nSPS) is 9.92. The summed E-state index contributed by atoms with van der Waals surface area (Å²) in [6.45, 7) is 1.81. The highest BCUT2D eigenvalue weighted by atomic mass is 16.4. The second kappa shape index (κ2) is 3.89. The largest absolute Gasteiger partial charge is 0.481 e. The second-order valence-electron chi connectivity index (χ2n) is 2.79. The molecule has 0 radical (unpaired) electrons. The van der Waals surface area contributed by atoms with Crippen molar-refractivity contribution in [1.29, 1.82) is 0 Å². The molecule has 70 valence electrons. The molecule has 0 aromatic carbocycles. The molecule has 4 heteroatoms. The topological polar surface area (TPSA) is 59.3 Å². The van der Waals surface area contributed by atoms with Crippen molar-refractivity contribution in [3.05, 3.63) is 24.0 Å². The lowest BCUT2D eigenvalue weighted by Crippen LogP contribution is -2.08. The number of aromatic nitrogens is 1. The van der Waals surface area contributed by atoms with Crippen LogP contribution in [0.15, 0.2) is 18.3 Å². The number of carbonyl (C=O) groups is 2. The van der Waals surface area contributed by atoms with Crippen LogP contribution in [-0.4, -0.2) is 21.4 Å². The molecule has 0 unspecified atom stereocenters. The maximum absolute atomic E-state index is 11.0. The van der Waals surface area contributed by atoms with Gasteiger partial charge < -0.3 is 9.67 Å². The fraction of sp³-hybridized carbons (Fsp3) is 0.333. The number of rotatable bonds is 4. The predicted octanol–water partition coefficient (Wildman–Crippen LogP) is 1.17.